The van der Waals surface area contributed by atoms with E-state index in [0.717, 1.165) is 62.2 Å². The van der Waals surface area contributed by atoms with Crippen LogP contribution in [0, 0.1) is 5.92 Å². The van der Waals surface area contributed by atoms with Crippen molar-refractivity contribution < 1.29 is 0 Å². The van der Waals surface area contributed by atoms with Gasteiger partial charge in [0.2, 0.25) is 0 Å². The van der Waals surface area contributed by atoms with E-state index in [2.05, 4.69) is 32.3 Å². The molecule has 0 bridgehead atoms. The first-order valence-electron chi connectivity index (χ1n) is 11.0. The molecule has 1 N–H and O–H groups in total. The molecule has 1 aromatic carbocycles. The Hall–Kier alpha value is -2.48. The largest absolute Gasteiger partial charge is 0.326 e. The smallest absolute Gasteiger partial charge is 0.306 e. The summed E-state index contributed by atoms with van der Waals surface area (Å²) in [5, 5.41) is 12.7. The molecule has 1 aliphatic heterocycles. The number of likely N-dealkylation sites (tertiary alicyclic amines) is 1. The number of benzene rings is 1. The van der Waals surface area contributed by atoms with Crippen molar-refractivity contribution in [1.29, 1.82) is 0 Å². The van der Waals surface area contributed by atoms with Crippen LogP contribution >= 0.6 is 0 Å². The van der Waals surface area contributed by atoms with E-state index in [1.165, 1.54) is 12.8 Å². The minimum absolute atomic E-state index is 0.00639. The number of H-pyrrole nitrogens is 1. The molecular weight excluding hydrogens is 366 g/mol. The van der Waals surface area contributed by atoms with E-state index in [-0.39, 0.29) is 11.7 Å². The summed E-state index contributed by atoms with van der Waals surface area (Å²) in [4.78, 5) is 18.1. The molecule has 2 aliphatic rings. The van der Waals surface area contributed by atoms with Crippen molar-refractivity contribution in [3.8, 4) is 0 Å². The van der Waals surface area contributed by atoms with Gasteiger partial charge in [-0.1, -0.05) is 25.5 Å². The normalized spacial score (nSPS) is 19.8. The number of piperidine rings is 1. The Morgan fingerprint density at radius 3 is 2.72 bits per heavy atom. The molecule has 1 atom stereocenters. The molecule has 1 saturated heterocycles. The third-order valence-electron chi connectivity index (χ3n) is 6.50. The summed E-state index contributed by atoms with van der Waals surface area (Å²) in [7, 11) is 0. The van der Waals surface area contributed by atoms with Crippen LogP contribution in [0.3, 0.4) is 0 Å². The lowest BCUT2D eigenvalue weighted by atomic mass is 10.00. The Bertz CT molecular complexity index is 1020. The fourth-order valence-electron chi connectivity index (χ4n) is 4.83. The van der Waals surface area contributed by atoms with Gasteiger partial charge in [-0.25, -0.2) is 9.48 Å². The van der Waals surface area contributed by atoms with Gasteiger partial charge in [0.25, 0.3) is 0 Å². The highest BCUT2D eigenvalue weighted by atomic mass is 16.1. The van der Waals surface area contributed by atoms with Gasteiger partial charge in [-0.05, 0) is 60.6 Å². The molecule has 2 aromatic heterocycles. The maximum atomic E-state index is 12.6. The number of aromatic nitrogens is 6. The van der Waals surface area contributed by atoms with Crippen molar-refractivity contribution in [3.05, 3.63) is 40.6 Å². The van der Waals surface area contributed by atoms with Gasteiger partial charge in [-0.2, -0.15) is 0 Å². The van der Waals surface area contributed by atoms with Gasteiger partial charge in [0, 0.05) is 25.7 Å². The van der Waals surface area contributed by atoms with E-state index in [0.29, 0.717) is 12.0 Å². The molecule has 1 unspecified atom stereocenters. The number of hydrogen-bond acceptors (Lipinski definition) is 5. The topological polar surface area (TPSA) is 84.6 Å². The van der Waals surface area contributed by atoms with Crippen LogP contribution in [-0.2, 0) is 6.54 Å². The van der Waals surface area contributed by atoms with Gasteiger partial charge in [0.15, 0.2) is 5.82 Å². The number of unbranched alkanes of at least 4 members (excludes halogenated alkanes) is 1. The number of aromatic amines is 1. The molecule has 8 nitrogen and oxygen atoms in total. The van der Waals surface area contributed by atoms with Crippen LogP contribution in [-0.4, -0.2) is 47.7 Å². The molecule has 29 heavy (non-hydrogen) atoms. The van der Waals surface area contributed by atoms with E-state index in [1.807, 2.05) is 33.5 Å². The maximum Gasteiger partial charge on any atom is 0.326 e. The van der Waals surface area contributed by atoms with Gasteiger partial charge in [-0.15, -0.1) is 5.10 Å². The first-order chi connectivity index (χ1) is 14.3. The van der Waals surface area contributed by atoms with E-state index in [1.54, 1.807) is 0 Å². The van der Waals surface area contributed by atoms with Gasteiger partial charge in [0.1, 0.15) is 0 Å². The van der Waals surface area contributed by atoms with Crippen LogP contribution in [0.5, 0.6) is 0 Å². The molecule has 154 valence electrons. The molecular formula is C21H29N7O. The second-order valence-electron chi connectivity index (χ2n) is 8.48. The maximum absolute atomic E-state index is 12.6. The van der Waals surface area contributed by atoms with Crippen molar-refractivity contribution in [2.24, 2.45) is 5.92 Å². The van der Waals surface area contributed by atoms with Gasteiger partial charge in [-0.3, -0.25) is 9.47 Å². The molecule has 3 aromatic rings. The lowest BCUT2D eigenvalue weighted by Crippen LogP contribution is -2.40. The minimum atomic E-state index is 0.00639. The highest BCUT2D eigenvalue weighted by Crippen LogP contribution is 2.45. The third kappa shape index (κ3) is 3.50. The number of aryl methyl sites for hydroxylation is 1. The lowest BCUT2D eigenvalue weighted by molar-refractivity contribution is 0.112. The fourth-order valence-corrected chi connectivity index (χ4v) is 4.83. The Morgan fingerprint density at radius 1 is 1.17 bits per heavy atom. The highest BCUT2D eigenvalue weighted by molar-refractivity contribution is 5.75. The molecule has 8 heteroatoms. The van der Waals surface area contributed by atoms with Crippen LogP contribution in [0.25, 0.3) is 11.0 Å². The number of fused-ring (bicyclic) bond motifs is 1. The predicted molar refractivity (Wildman–Crippen MR) is 111 cm³/mol. The number of tetrazole rings is 1. The molecule has 0 amide bonds. The second kappa shape index (κ2) is 7.74. The summed E-state index contributed by atoms with van der Waals surface area (Å²) >= 11 is 0. The summed E-state index contributed by atoms with van der Waals surface area (Å²) in [5.74, 6) is 1.69. The molecule has 1 aliphatic carbocycles. The van der Waals surface area contributed by atoms with E-state index in [9.17, 15) is 4.79 Å². The van der Waals surface area contributed by atoms with Crippen molar-refractivity contribution in [2.45, 2.75) is 64.1 Å². The lowest BCUT2D eigenvalue weighted by Gasteiger charge is -2.37. The Labute approximate surface area is 169 Å². The summed E-state index contributed by atoms with van der Waals surface area (Å²) < 4.78 is 3.98. The van der Waals surface area contributed by atoms with Crippen LogP contribution < -0.4 is 5.69 Å². The van der Waals surface area contributed by atoms with Crippen molar-refractivity contribution in [2.75, 3.05) is 13.1 Å². The molecule has 2 fully saturated rings. The third-order valence-corrected chi connectivity index (χ3v) is 6.50. The Kier molecular flexibility index (Phi) is 4.95. The Balaban J connectivity index is 1.34. The summed E-state index contributed by atoms with van der Waals surface area (Å²) in [6.45, 7) is 5.03. The van der Waals surface area contributed by atoms with E-state index >= 15 is 0 Å². The SMILES string of the molecule is CCCCn1nnnc1C(C1CC1)N1CCC(n2c(=O)[nH]c3ccccc32)CC1. The van der Waals surface area contributed by atoms with Crippen molar-refractivity contribution in [1.82, 2.24) is 34.7 Å². The number of para-hydroxylation sites is 2. The quantitative estimate of drug-likeness (QED) is 0.665. The van der Waals surface area contributed by atoms with Gasteiger partial charge in [0.05, 0.1) is 17.1 Å². The average molecular weight is 396 g/mol. The molecule has 5 rings (SSSR count). The Morgan fingerprint density at radius 2 is 1.97 bits per heavy atom. The number of nitrogens with one attached hydrogen (secondary N) is 1. The number of nitrogens with zero attached hydrogens (tertiary/aromatic N) is 6. The zero-order valence-electron chi connectivity index (χ0n) is 17.0. The summed E-state index contributed by atoms with van der Waals surface area (Å²) in [6.07, 6.45) is 6.70. The number of rotatable bonds is 7. The zero-order valence-corrected chi connectivity index (χ0v) is 17.0. The predicted octanol–water partition coefficient (Wildman–Crippen LogP) is 2.90. The summed E-state index contributed by atoms with van der Waals surface area (Å²) in [6, 6.07) is 8.53. The minimum Gasteiger partial charge on any atom is -0.306 e. The molecule has 3 heterocycles. The summed E-state index contributed by atoms with van der Waals surface area (Å²) in [5.41, 5.74) is 1.94. The second-order valence-corrected chi connectivity index (χ2v) is 8.48. The van der Waals surface area contributed by atoms with E-state index in [4.69, 9.17) is 0 Å². The van der Waals surface area contributed by atoms with E-state index < -0.39 is 0 Å². The standard InChI is InChI=1S/C21H29N7O/c1-2-3-12-27-20(23-24-25-27)19(15-8-9-15)26-13-10-16(11-14-26)28-18-7-5-4-6-17(18)22-21(28)29/h4-7,15-16,19H,2-3,8-14H2,1H3,(H,22,29). The molecule has 1 saturated carbocycles. The number of hydrogen-bond donors (Lipinski definition) is 1. The fraction of sp³-hybridized carbons (Fsp3) is 0.619. The van der Waals surface area contributed by atoms with Gasteiger partial charge < -0.3 is 4.98 Å². The first-order valence-corrected chi connectivity index (χ1v) is 11.0. The first kappa shape index (κ1) is 18.5. The molecule has 0 spiro atoms. The van der Waals surface area contributed by atoms with Crippen LogP contribution in [0.1, 0.15) is 63.4 Å². The van der Waals surface area contributed by atoms with Crippen LogP contribution in [0.2, 0.25) is 0 Å². The number of imidazole rings is 1. The average Bonchev–Trinajstić information content (AvgIpc) is 3.37. The van der Waals surface area contributed by atoms with Crippen LogP contribution in [0.15, 0.2) is 29.1 Å². The van der Waals surface area contributed by atoms with Gasteiger partial charge >= 0.3 is 5.69 Å². The van der Waals surface area contributed by atoms with Crippen molar-refractivity contribution in [3.63, 3.8) is 0 Å². The monoisotopic (exact) mass is 395 g/mol. The zero-order chi connectivity index (χ0) is 19.8. The van der Waals surface area contributed by atoms with Crippen molar-refractivity contribution >= 4 is 11.0 Å². The van der Waals surface area contributed by atoms with Crippen LogP contribution in [0.4, 0.5) is 0 Å². The molecule has 0 radical (unpaired) electrons. The highest BCUT2D eigenvalue weighted by Gasteiger charge is 2.41.